The lowest BCUT2D eigenvalue weighted by atomic mass is 10.1. The van der Waals surface area contributed by atoms with Crippen LogP contribution in [0.5, 0.6) is 5.75 Å². The number of carbonyl (C=O) groups is 1. The molecule has 1 aliphatic carbocycles. The molecule has 1 aromatic rings. The van der Waals surface area contributed by atoms with Crippen molar-refractivity contribution in [1.29, 1.82) is 0 Å². The van der Waals surface area contributed by atoms with E-state index in [1.807, 2.05) is 0 Å². The van der Waals surface area contributed by atoms with Gasteiger partial charge >= 0.3 is 5.97 Å². The molecule has 0 atom stereocenters. The molecule has 0 radical (unpaired) electrons. The van der Waals surface area contributed by atoms with Gasteiger partial charge in [-0.15, -0.1) is 0 Å². The molecule has 1 fully saturated rings. The maximum Gasteiger partial charge on any atom is 0.340 e. The third kappa shape index (κ3) is 2.75. The molecule has 2 rings (SSSR count). The Balaban J connectivity index is 2.15. The topological polar surface area (TPSA) is 61.5 Å². The number of esters is 1. The van der Waals surface area contributed by atoms with Gasteiger partial charge in [0.25, 0.3) is 0 Å². The molecule has 1 saturated carbocycles. The summed E-state index contributed by atoms with van der Waals surface area (Å²) in [7, 11) is 0. The van der Waals surface area contributed by atoms with Gasteiger partial charge < -0.3 is 15.2 Å². The fourth-order valence-corrected chi connectivity index (χ4v) is 2.22. The van der Waals surface area contributed by atoms with Crippen LogP contribution in [0.4, 0.5) is 5.69 Å². The van der Waals surface area contributed by atoms with Crippen LogP contribution in [0.3, 0.4) is 0 Å². The summed E-state index contributed by atoms with van der Waals surface area (Å²) in [6.45, 7) is 2.11. The summed E-state index contributed by atoms with van der Waals surface area (Å²) in [6, 6.07) is 5.23. The molecule has 18 heavy (non-hydrogen) atoms. The molecule has 0 heterocycles. The maximum absolute atomic E-state index is 11.7. The van der Waals surface area contributed by atoms with Crippen LogP contribution >= 0.6 is 0 Å². The van der Waals surface area contributed by atoms with Crippen LogP contribution in [0.15, 0.2) is 18.2 Å². The summed E-state index contributed by atoms with van der Waals surface area (Å²) in [6.07, 6.45) is 4.74. The number of nitrogen functional groups attached to an aromatic ring is 1. The molecule has 98 valence electrons. The second-order valence-corrected chi connectivity index (χ2v) is 4.46. The number of benzene rings is 1. The van der Waals surface area contributed by atoms with Crippen LogP contribution in [0.25, 0.3) is 0 Å². The highest BCUT2D eigenvalue weighted by Crippen LogP contribution is 2.30. The normalized spacial score (nSPS) is 15.6. The molecule has 4 heteroatoms. The molecule has 0 unspecified atom stereocenters. The molecule has 2 N–H and O–H groups in total. The second-order valence-electron chi connectivity index (χ2n) is 4.46. The number of rotatable bonds is 4. The first-order valence-corrected chi connectivity index (χ1v) is 6.44. The second kappa shape index (κ2) is 5.76. The Morgan fingerprint density at radius 1 is 1.39 bits per heavy atom. The maximum atomic E-state index is 11.7. The molecule has 0 aromatic heterocycles. The Hall–Kier alpha value is -1.71. The largest absolute Gasteiger partial charge is 0.488 e. The molecule has 1 aliphatic rings. The highest BCUT2D eigenvalue weighted by atomic mass is 16.5. The van der Waals surface area contributed by atoms with Crippen molar-refractivity contribution in [3.63, 3.8) is 0 Å². The van der Waals surface area contributed by atoms with E-state index in [0.717, 1.165) is 12.8 Å². The summed E-state index contributed by atoms with van der Waals surface area (Å²) < 4.78 is 10.8. The van der Waals surface area contributed by atoms with Crippen LogP contribution in [0, 0.1) is 0 Å². The predicted octanol–water partition coefficient (Wildman–Crippen LogP) is 2.77. The highest BCUT2D eigenvalue weighted by Gasteiger charge is 2.20. The standard InChI is InChI=1S/C14H19NO3/c1-2-17-14(16)11-8-5-9-12(13(11)15)18-10-6-3-4-7-10/h5,8-10H,2-4,6-7,15H2,1H3. The molecule has 0 spiro atoms. The molecule has 0 saturated heterocycles. The van der Waals surface area contributed by atoms with E-state index in [2.05, 4.69) is 0 Å². The van der Waals surface area contributed by atoms with E-state index in [1.54, 1.807) is 25.1 Å². The van der Waals surface area contributed by atoms with Crippen LogP contribution in [-0.4, -0.2) is 18.7 Å². The molecule has 1 aromatic carbocycles. The summed E-state index contributed by atoms with van der Waals surface area (Å²) in [5.41, 5.74) is 6.73. The highest BCUT2D eigenvalue weighted by molar-refractivity contribution is 5.96. The number of nitrogens with two attached hydrogens (primary N) is 1. The van der Waals surface area contributed by atoms with Gasteiger partial charge in [-0.1, -0.05) is 6.07 Å². The average Bonchev–Trinajstić information content (AvgIpc) is 2.85. The van der Waals surface area contributed by atoms with Crippen molar-refractivity contribution < 1.29 is 14.3 Å². The fourth-order valence-electron chi connectivity index (χ4n) is 2.22. The van der Waals surface area contributed by atoms with Gasteiger partial charge in [0.05, 0.1) is 24.0 Å². The van der Waals surface area contributed by atoms with Crippen molar-refractivity contribution in [2.24, 2.45) is 0 Å². The van der Waals surface area contributed by atoms with Crippen molar-refractivity contribution in [2.75, 3.05) is 12.3 Å². The lowest BCUT2D eigenvalue weighted by Gasteiger charge is -2.16. The van der Waals surface area contributed by atoms with Crippen LogP contribution in [0.2, 0.25) is 0 Å². The molecule has 0 amide bonds. The van der Waals surface area contributed by atoms with E-state index < -0.39 is 5.97 Å². The number of anilines is 1. The number of para-hydroxylation sites is 1. The number of hydrogen-bond donors (Lipinski definition) is 1. The molecule has 4 nitrogen and oxygen atoms in total. The summed E-state index contributed by atoms with van der Waals surface area (Å²) in [5, 5.41) is 0. The molecule has 0 bridgehead atoms. The minimum Gasteiger partial charge on any atom is -0.488 e. The van der Waals surface area contributed by atoms with E-state index in [4.69, 9.17) is 15.2 Å². The molecular weight excluding hydrogens is 230 g/mol. The monoisotopic (exact) mass is 249 g/mol. The Labute approximate surface area is 107 Å². The molecular formula is C14H19NO3. The van der Waals surface area contributed by atoms with Crippen LogP contribution in [-0.2, 0) is 4.74 Å². The first-order valence-electron chi connectivity index (χ1n) is 6.44. The predicted molar refractivity (Wildman–Crippen MR) is 69.7 cm³/mol. The van der Waals surface area contributed by atoms with Crippen molar-refractivity contribution in [2.45, 2.75) is 38.7 Å². The lowest BCUT2D eigenvalue weighted by Crippen LogP contribution is -2.14. The summed E-state index contributed by atoms with van der Waals surface area (Å²) in [5.74, 6) is 0.194. The van der Waals surface area contributed by atoms with Gasteiger partial charge in [0.1, 0.15) is 5.75 Å². The van der Waals surface area contributed by atoms with Crippen molar-refractivity contribution in [3.05, 3.63) is 23.8 Å². The van der Waals surface area contributed by atoms with Gasteiger partial charge in [-0.25, -0.2) is 4.79 Å². The van der Waals surface area contributed by atoms with Gasteiger partial charge in [0.15, 0.2) is 0 Å². The zero-order valence-electron chi connectivity index (χ0n) is 10.6. The Bertz CT molecular complexity index is 425. The SMILES string of the molecule is CCOC(=O)c1cccc(OC2CCCC2)c1N. The number of carbonyl (C=O) groups excluding carboxylic acids is 1. The average molecular weight is 249 g/mol. The van der Waals surface area contributed by atoms with E-state index in [0.29, 0.717) is 23.6 Å². The van der Waals surface area contributed by atoms with Crippen molar-refractivity contribution >= 4 is 11.7 Å². The van der Waals surface area contributed by atoms with Gasteiger partial charge in [0, 0.05) is 0 Å². The number of hydrogen-bond acceptors (Lipinski definition) is 4. The first kappa shape index (κ1) is 12.7. The molecule has 0 aliphatic heterocycles. The van der Waals surface area contributed by atoms with Crippen LogP contribution < -0.4 is 10.5 Å². The van der Waals surface area contributed by atoms with E-state index in [-0.39, 0.29) is 6.10 Å². The Kier molecular flexibility index (Phi) is 4.07. The van der Waals surface area contributed by atoms with E-state index in [1.165, 1.54) is 12.8 Å². The third-order valence-corrected chi connectivity index (χ3v) is 3.16. The minimum atomic E-state index is -0.396. The van der Waals surface area contributed by atoms with Crippen molar-refractivity contribution in [3.8, 4) is 5.75 Å². The Morgan fingerprint density at radius 2 is 2.11 bits per heavy atom. The summed E-state index contributed by atoms with van der Waals surface area (Å²) >= 11 is 0. The van der Waals surface area contributed by atoms with Gasteiger partial charge in [-0.3, -0.25) is 0 Å². The van der Waals surface area contributed by atoms with Crippen molar-refractivity contribution in [1.82, 2.24) is 0 Å². The van der Waals surface area contributed by atoms with Gasteiger partial charge in [-0.05, 0) is 44.7 Å². The number of ether oxygens (including phenoxy) is 2. The third-order valence-electron chi connectivity index (χ3n) is 3.16. The zero-order valence-corrected chi connectivity index (χ0v) is 10.6. The smallest absolute Gasteiger partial charge is 0.340 e. The first-order chi connectivity index (χ1) is 8.72. The summed E-state index contributed by atoms with van der Waals surface area (Å²) in [4.78, 5) is 11.7. The lowest BCUT2D eigenvalue weighted by molar-refractivity contribution is 0.0527. The van der Waals surface area contributed by atoms with Gasteiger partial charge in [-0.2, -0.15) is 0 Å². The fraction of sp³-hybridized carbons (Fsp3) is 0.500. The zero-order chi connectivity index (χ0) is 13.0. The van der Waals surface area contributed by atoms with Gasteiger partial charge in [0.2, 0.25) is 0 Å². The quantitative estimate of drug-likeness (QED) is 0.658. The minimum absolute atomic E-state index is 0.227. The van der Waals surface area contributed by atoms with Crippen LogP contribution in [0.1, 0.15) is 43.0 Å². The van der Waals surface area contributed by atoms with E-state index in [9.17, 15) is 4.79 Å². The Morgan fingerprint density at radius 3 is 2.78 bits per heavy atom. The van der Waals surface area contributed by atoms with E-state index >= 15 is 0 Å².